The lowest BCUT2D eigenvalue weighted by Crippen LogP contribution is -2.27. The highest BCUT2D eigenvalue weighted by atomic mass is 32.2. The van der Waals surface area contributed by atoms with Gasteiger partial charge in [0, 0.05) is 36.5 Å². The zero-order chi connectivity index (χ0) is 25.7. The van der Waals surface area contributed by atoms with E-state index < -0.39 is 20.9 Å². The number of hydrogen-bond donors (Lipinski definition) is 2. The van der Waals surface area contributed by atoms with Gasteiger partial charge in [-0.3, -0.25) is 25.0 Å². The van der Waals surface area contributed by atoms with Gasteiger partial charge < -0.3 is 5.32 Å². The van der Waals surface area contributed by atoms with Crippen molar-refractivity contribution in [3.63, 3.8) is 0 Å². The molecule has 0 atom stereocenters. The molecule has 0 saturated carbocycles. The molecule has 0 radical (unpaired) electrons. The molecule has 4 rings (SSSR count). The molecule has 2 heterocycles. The topological polar surface area (TPSA) is 164 Å². The number of nitrogens with zero attached hydrogens (tertiary/aromatic N) is 4. The number of nitro groups is 1. The number of nitrogens with one attached hydrogen (secondary N) is 2. The number of carbonyl (C=O) groups excluding carboxylic acids is 2. The summed E-state index contributed by atoms with van der Waals surface area (Å²) in [7, 11) is -3.56. The zero-order valence-corrected chi connectivity index (χ0v) is 21.1. The highest BCUT2D eigenvalue weighted by Crippen LogP contribution is 2.27. The first-order chi connectivity index (χ1) is 17.2. The average molecular weight is 549 g/mol. The molecule has 1 aliphatic heterocycles. The van der Waals surface area contributed by atoms with E-state index in [9.17, 15) is 28.1 Å². The third-order valence-corrected chi connectivity index (χ3v) is 9.00. The number of benzene rings is 2. The minimum Gasteiger partial charge on any atom is -0.325 e. The van der Waals surface area contributed by atoms with Crippen LogP contribution in [0.1, 0.15) is 23.2 Å². The van der Waals surface area contributed by atoms with Gasteiger partial charge in [-0.25, -0.2) is 8.42 Å². The van der Waals surface area contributed by atoms with E-state index in [1.54, 1.807) is 6.07 Å². The van der Waals surface area contributed by atoms with Gasteiger partial charge >= 0.3 is 0 Å². The van der Waals surface area contributed by atoms with Crippen molar-refractivity contribution in [2.45, 2.75) is 22.1 Å². The van der Waals surface area contributed by atoms with E-state index in [2.05, 4.69) is 20.8 Å². The number of thioether (sulfide) groups is 1. The minimum atomic E-state index is -3.56. The Morgan fingerprint density at radius 1 is 1.08 bits per heavy atom. The van der Waals surface area contributed by atoms with Crippen LogP contribution in [0.2, 0.25) is 0 Å². The van der Waals surface area contributed by atoms with Gasteiger partial charge in [0.1, 0.15) is 0 Å². The molecule has 0 bridgehead atoms. The van der Waals surface area contributed by atoms with Crippen LogP contribution >= 0.6 is 23.1 Å². The molecule has 15 heteroatoms. The van der Waals surface area contributed by atoms with E-state index in [1.807, 2.05) is 0 Å². The fourth-order valence-corrected chi connectivity index (χ4v) is 6.43. The molecule has 2 N–H and O–H groups in total. The lowest BCUT2D eigenvalue weighted by atomic mass is 10.2. The summed E-state index contributed by atoms with van der Waals surface area (Å²) in [6.45, 7) is 0.997. The molecule has 1 saturated heterocycles. The average Bonchev–Trinajstić information content (AvgIpc) is 3.56. The van der Waals surface area contributed by atoms with E-state index >= 15 is 0 Å². The third-order valence-electron chi connectivity index (χ3n) is 5.11. The molecule has 0 unspecified atom stereocenters. The van der Waals surface area contributed by atoms with E-state index in [-0.39, 0.29) is 32.9 Å². The molecule has 0 spiro atoms. The lowest BCUT2D eigenvalue weighted by Gasteiger charge is -2.15. The molecule has 36 heavy (non-hydrogen) atoms. The van der Waals surface area contributed by atoms with Crippen molar-refractivity contribution in [1.29, 1.82) is 0 Å². The molecule has 3 aromatic rings. The smallest absolute Gasteiger partial charge is 0.271 e. The predicted octanol–water partition coefficient (Wildman–Crippen LogP) is 3.21. The minimum absolute atomic E-state index is 0.0156. The fraction of sp³-hybridized carbons (Fsp3) is 0.238. The van der Waals surface area contributed by atoms with Crippen molar-refractivity contribution in [2.75, 3.05) is 29.5 Å². The molecule has 2 amide bonds. The van der Waals surface area contributed by atoms with Crippen molar-refractivity contribution in [3.8, 4) is 0 Å². The quantitative estimate of drug-likeness (QED) is 0.177. The standard InChI is InChI=1S/C21H20N6O6S3/c28-18(22-15-4-3-5-16(12-15)27(30)31)13-34-21-25-24-20(35-21)23-19(29)14-6-8-17(9-7-14)36(32,33)26-10-1-2-11-26/h3-9,12H,1-2,10-11,13H2,(H,22,28)(H,23,24,29). The van der Waals surface area contributed by atoms with Crippen LogP contribution in [0.15, 0.2) is 57.8 Å². The van der Waals surface area contributed by atoms with Gasteiger partial charge in [0.25, 0.3) is 11.6 Å². The second-order valence-corrected chi connectivity index (χ2v) is 11.7. The summed E-state index contributed by atoms with van der Waals surface area (Å²) in [6, 6.07) is 11.3. The molecule has 188 valence electrons. The van der Waals surface area contributed by atoms with Crippen molar-refractivity contribution in [2.24, 2.45) is 0 Å². The molecule has 12 nitrogen and oxygen atoms in total. The van der Waals surface area contributed by atoms with E-state index in [0.717, 1.165) is 35.9 Å². The Balaban J connectivity index is 1.29. The van der Waals surface area contributed by atoms with Crippen molar-refractivity contribution >= 4 is 61.4 Å². The highest BCUT2D eigenvalue weighted by molar-refractivity contribution is 8.01. The lowest BCUT2D eigenvalue weighted by molar-refractivity contribution is -0.384. The molecule has 2 aromatic carbocycles. The van der Waals surface area contributed by atoms with Crippen LogP contribution in [-0.2, 0) is 14.8 Å². The van der Waals surface area contributed by atoms with Gasteiger partial charge in [-0.15, -0.1) is 10.2 Å². The fourth-order valence-electron chi connectivity index (χ4n) is 3.37. The Bertz CT molecular complexity index is 1390. The summed E-state index contributed by atoms with van der Waals surface area (Å²) in [4.78, 5) is 35.1. The number of anilines is 2. The van der Waals surface area contributed by atoms with E-state index in [1.165, 1.54) is 46.8 Å². The number of nitro benzene ring substituents is 1. The van der Waals surface area contributed by atoms with Gasteiger partial charge in [-0.05, 0) is 43.2 Å². The second-order valence-electron chi connectivity index (χ2n) is 7.61. The van der Waals surface area contributed by atoms with Crippen molar-refractivity contribution < 1.29 is 22.9 Å². The van der Waals surface area contributed by atoms with Gasteiger partial charge in [-0.1, -0.05) is 29.2 Å². The Labute approximate surface area is 214 Å². The summed E-state index contributed by atoms with van der Waals surface area (Å²) >= 11 is 2.17. The predicted molar refractivity (Wildman–Crippen MR) is 135 cm³/mol. The van der Waals surface area contributed by atoms with Gasteiger partial charge in [0.2, 0.25) is 21.1 Å². The number of hydrogen-bond acceptors (Lipinski definition) is 10. The third kappa shape index (κ3) is 6.23. The first-order valence-electron chi connectivity index (χ1n) is 10.6. The monoisotopic (exact) mass is 548 g/mol. The Hall–Kier alpha value is -3.40. The number of sulfonamides is 1. The Morgan fingerprint density at radius 3 is 2.50 bits per heavy atom. The molecule has 1 aromatic heterocycles. The summed E-state index contributed by atoms with van der Waals surface area (Å²) in [5.41, 5.74) is 0.434. The maximum Gasteiger partial charge on any atom is 0.271 e. The van der Waals surface area contributed by atoms with Crippen molar-refractivity contribution in [3.05, 3.63) is 64.2 Å². The van der Waals surface area contributed by atoms with Crippen LogP contribution in [0.25, 0.3) is 0 Å². The Morgan fingerprint density at radius 2 is 1.81 bits per heavy atom. The largest absolute Gasteiger partial charge is 0.325 e. The highest BCUT2D eigenvalue weighted by Gasteiger charge is 2.27. The summed E-state index contributed by atoms with van der Waals surface area (Å²) < 4.78 is 27.1. The number of aromatic nitrogens is 2. The number of rotatable bonds is 9. The molecule has 0 aliphatic carbocycles. The van der Waals surface area contributed by atoms with Crippen LogP contribution in [0.4, 0.5) is 16.5 Å². The van der Waals surface area contributed by atoms with Crippen LogP contribution < -0.4 is 10.6 Å². The van der Waals surface area contributed by atoms with Crippen LogP contribution in [0.3, 0.4) is 0 Å². The number of carbonyl (C=O) groups is 2. The van der Waals surface area contributed by atoms with Gasteiger partial charge in [0.05, 0.1) is 15.6 Å². The number of non-ortho nitro benzene ring substituents is 1. The van der Waals surface area contributed by atoms with Gasteiger partial charge in [-0.2, -0.15) is 4.31 Å². The SMILES string of the molecule is O=C(CSc1nnc(NC(=O)c2ccc(S(=O)(=O)N3CCCC3)cc2)s1)Nc1cccc([N+](=O)[O-])c1. The first kappa shape index (κ1) is 25.7. The maximum atomic E-state index is 12.6. The summed E-state index contributed by atoms with van der Waals surface area (Å²) in [5, 5.41) is 24.1. The molecular weight excluding hydrogens is 528 g/mol. The molecule has 1 fully saturated rings. The molecule has 1 aliphatic rings. The van der Waals surface area contributed by atoms with Crippen molar-refractivity contribution in [1.82, 2.24) is 14.5 Å². The van der Waals surface area contributed by atoms with Gasteiger partial charge in [0.15, 0.2) is 4.34 Å². The molecular formula is C21H20N6O6S3. The normalized spacial score (nSPS) is 13.9. The van der Waals surface area contributed by atoms with Crippen LogP contribution in [0, 0.1) is 10.1 Å². The summed E-state index contributed by atoms with van der Waals surface area (Å²) in [5.74, 6) is -0.875. The van der Waals surface area contributed by atoms with E-state index in [4.69, 9.17) is 0 Å². The van der Waals surface area contributed by atoms with Crippen LogP contribution in [-0.4, -0.2) is 58.5 Å². The second kappa shape index (κ2) is 11.1. The van der Waals surface area contributed by atoms with E-state index in [0.29, 0.717) is 23.1 Å². The van der Waals surface area contributed by atoms with Crippen LogP contribution in [0.5, 0.6) is 0 Å². The number of amides is 2. The summed E-state index contributed by atoms with van der Waals surface area (Å²) in [6.07, 6.45) is 1.68. The maximum absolute atomic E-state index is 12.6. The first-order valence-corrected chi connectivity index (χ1v) is 13.9. The Kier molecular flexibility index (Phi) is 7.93. The zero-order valence-electron chi connectivity index (χ0n) is 18.6.